The molecule has 0 aliphatic rings. The van der Waals surface area contributed by atoms with Gasteiger partial charge in [-0.05, 0) is 13.8 Å². The zero-order chi connectivity index (χ0) is 12.9. The second-order valence-electron chi connectivity index (χ2n) is 2.97. The standard InChI is InChI=1S/C8H12N2O6/c1-5(7(3-11)9(13)14)6(2)8(4-12)10(15)16/h11-12H,3-4H2,1-2H3/b7-5+,8-6+. The Kier molecular flexibility index (Phi) is 5.26. The maximum Gasteiger partial charge on any atom is 0.274 e. The molecule has 90 valence electrons. The third-order valence-electron chi connectivity index (χ3n) is 2.17. The highest BCUT2D eigenvalue weighted by atomic mass is 16.6. The molecule has 8 heteroatoms. The lowest BCUT2D eigenvalue weighted by atomic mass is 10.1. The van der Waals surface area contributed by atoms with Crippen molar-refractivity contribution in [2.75, 3.05) is 13.2 Å². The predicted octanol–water partition coefficient (Wildman–Crippen LogP) is 0.0724. The highest BCUT2D eigenvalue weighted by Crippen LogP contribution is 2.18. The van der Waals surface area contributed by atoms with Gasteiger partial charge in [0.1, 0.15) is 13.2 Å². The highest BCUT2D eigenvalue weighted by Gasteiger charge is 2.22. The molecule has 0 aromatic heterocycles. The van der Waals surface area contributed by atoms with Crippen LogP contribution in [0.2, 0.25) is 0 Å². The van der Waals surface area contributed by atoms with E-state index in [1.165, 1.54) is 13.8 Å². The van der Waals surface area contributed by atoms with Gasteiger partial charge in [0.2, 0.25) is 0 Å². The van der Waals surface area contributed by atoms with Crippen LogP contribution in [0.3, 0.4) is 0 Å². The molecular formula is C8H12N2O6. The van der Waals surface area contributed by atoms with E-state index >= 15 is 0 Å². The summed E-state index contributed by atoms with van der Waals surface area (Å²) in [5.74, 6) is 0. The number of hydrogen-bond acceptors (Lipinski definition) is 6. The summed E-state index contributed by atoms with van der Waals surface area (Å²) in [6, 6.07) is 0. The van der Waals surface area contributed by atoms with Gasteiger partial charge in [0.05, 0.1) is 9.85 Å². The van der Waals surface area contributed by atoms with Crippen LogP contribution in [-0.2, 0) is 0 Å². The van der Waals surface area contributed by atoms with Gasteiger partial charge in [0.15, 0.2) is 0 Å². The lowest BCUT2D eigenvalue weighted by Gasteiger charge is -2.04. The predicted molar refractivity (Wildman–Crippen MR) is 53.6 cm³/mol. The summed E-state index contributed by atoms with van der Waals surface area (Å²) in [7, 11) is 0. The molecule has 0 bridgehead atoms. The third kappa shape index (κ3) is 3.11. The fraction of sp³-hybridized carbons (Fsp3) is 0.500. The van der Waals surface area contributed by atoms with Crippen molar-refractivity contribution in [2.45, 2.75) is 13.8 Å². The molecule has 0 aliphatic heterocycles. The summed E-state index contributed by atoms with van der Waals surface area (Å²) in [6.45, 7) is 0.908. The van der Waals surface area contributed by atoms with E-state index in [2.05, 4.69) is 0 Å². The van der Waals surface area contributed by atoms with Crippen molar-refractivity contribution in [2.24, 2.45) is 0 Å². The maximum atomic E-state index is 10.5. The summed E-state index contributed by atoms with van der Waals surface area (Å²) >= 11 is 0. The number of hydrogen-bond donors (Lipinski definition) is 2. The Morgan fingerprint density at radius 1 is 0.938 bits per heavy atom. The van der Waals surface area contributed by atoms with Crippen LogP contribution in [0.15, 0.2) is 22.5 Å². The van der Waals surface area contributed by atoms with Crippen LogP contribution in [0.1, 0.15) is 13.8 Å². The lowest BCUT2D eigenvalue weighted by molar-refractivity contribution is -0.434. The molecule has 0 fully saturated rings. The van der Waals surface area contributed by atoms with E-state index in [0.29, 0.717) is 0 Å². The Morgan fingerprint density at radius 3 is 1.31 bits per heavy atom. The van der Waals surface area contributed by atoms with Crippen molar-refractivity contribution in [3.05, 3.63) is 42.8 Å². The normalized spacial score (nSPS) is 14.0. The summed E-state index contributed by atoms with van der Waals surface area (Å²) in [5.41, 5.74) is -1.09. The molecule has 0 heterocycles. The number of nitrogens with zero attached hydrogens (tertiary/aromatic N) is 2. The molecule has 0 aromatic carbocycles. The van der Waals surface area contributed by atoms with Crippen molar-refractivity contribution >= 4 is 0 Å². The topological polar surface area (TPSA) is 127 Å². The number of aliphatic hydroxyl groups is 2. The van der Waals surface area contributed by atoms with E-state index in [1.807, 2.05) is 0 Å². The summed E-state index contributed by atoms with van der Waals surface area (Å²) < 4.78 is 0. The minimum absolute atomic E-state index is 0.0201. The van der Waals surface area contributed by atoms with Crippen molar-refractivity contribution in [3.8, 4) is 0 Å². The molecule has 0 aromatic rings. The molecule has 0 rings (SSSR count). The van der Waals surface area contributed by atoms with Crippen LogP contribution in [-0.4, -0.2) is 33.3 Å². The van der Waals surface area contributed by atoms with Crippen LogP contribution < -0.4 is 0 Å². The third-order valence-corrected chi connectivity index (χ3v) is 2.17. The zero-order valence-electron chi connectivity index (χ0n) is 8.84. The van der Waals surface area contributed by atoms with E-state index in [4.69, 9.17) is 10.2 Å². The number of nitro groups is 2. The molecule has 0 amide bonds. The van der Waals surface area contributed by atoms with Gasteiger partial charge in [-0.25, -0.2) is 0 Å². The first-order valence-corrected chi connectivity index (χ1v) is 4.27. The smallest absolute Gasteiger partial charge is 0.274 e. The summed E-state index contributed by atoms with van der Waals surface area (Å²) in [4.78, 5) is 19.4. The van der Waals surface area contributed by atoms with Crippen LogP contribution in [0.4, 0.5) is 0 Å². The SMILES string of the molecule is CC(/C(C)=C(\CO)[N+](=O)[O-])=C(/CO)[N+](=O)[O-]. The quantitative estimate of drug-likeness (QED) is 0.392. The Morgan fingerprint density at radius 2 is 1.19 bits per heavy atom. The van der Waals surface area contributed by atoms with Gasteiger partial charge in [-0.3, -0.25) is 20.2 Å². The monoisotopic (exact) mass is 232 g/mol. The maximum absolute atomic E-state index is 10.5. The van der Waals surface area contributed by atoms with E-state index in [9.17, 15) is 20.2 Å². The van der Waals surface area contributed by atoms with Gasteiger partial charge in [-0.2, -0.15) is 0 Å². The average molecular weight is 232 g/mol. The van der Waals surface area contributed by atoms with E-state index in [0.717, 1.165) is 0 Å². The van der Waals surface area contributed by atoms with Crippen LogP contribution in [0.25, 0.3) is 0 Å². The van der Waals surface area contributed by atoms with Gasteiger partial charge in [-0.15, -0.1) is 0 Å². The van der Waals surface area contributed by atoms with Gasteiger partial charge >= 0.3 is 0 Å². The molecule has 2 N–H and O–H groups in total. The molecule has 0 spiro atoms. The zero-order valence-corrected chi connectivity index (χ0v) is 8.84. The summed E-state index contributed by atoms with van der Waals surface area (Å²) in [6.07, 6.45) is 0. The molecule has 0 saturated heterocycles. The van der Waals surface area contributed by atoms with Crippen LogP contribution in [0, 0.1) is 20.2 Å². The Bertz CT molecular complexity index is 335. The molecule has 16 heavy (non-hydrogen) atoms. The fourth-order valence-corrected chi connectivity index (χ4v) is 1.06. The van der Waals surface area contributed by atoms with E-state index < -0.39 is 34.5 Å². The second-order valence-corrected chi connectivity index (χ2v) is 2.97. The van der Waals surface area contributed by atoms with Gasteiger partial charge in [-0.1, -0.05) is 0 Å². The average Bonchev–Trinajstić information content (AvgIpc) is 2.18. The number of rotatable bonds is 5. The van der Waals surface area contributed by atoms with Gasteiger partial charge in [0, 0.05) is 11.1 Å². The van der Waals surface area contributed by atoms with Gasteiger partial charge in [0.25, 0.3) is 11.4 Å². The largest absolute Gasteiger partial charge is 0.385 e. The number of allylic oxidation sites excluding steroid dienone is 2. The molecular weight excluding hydrogens is 220 g/mol. The van der Waals surface area contributed by atoms with E-state index in [-0.39, 0.29) is 11.1 Å². The molecule has 0 atom stereocenters. The van der Waals surface area contributed by atoms with Crippen LogP contribution in [0.5, 0.6) is 0 Å². The van der Waals surface area contributed by atoms with Crippen LogP contribution >= 0.6 is 0 Å². The molecule has 0 saturated carbocycles. The minimum atomic E-state index is -0.827. The van der Waals surface area contributed by atoms with Crippen molar-refractivity contribution in [1.82, 2.24) is 0 Å². The molecule has 0 aliphatic carbocycles. The van der Waals surface area contributed by atoms with Crippen molar-refractivity contribution in [3.63, 3.8) is 0 Å². The Balaban J connectivity index is 5.64. The Labute approximate surface area is 90.8 Å². The first-order chi connectivity index (χ1) is 7.36. The molecule has 8 nitrogen and oxygen atoms in total. The van der Waals surface area contributed by atoms with E-state index in [1.54, 1.807) is 0 Å². The molecule has 0 unspecified atom stereocenters. The first kappa shape index (κ1) is 14.2. The van der Waals surface area contributed by atoms with Crippen molar-refractivity contribution < 1.29 is 20.1 Å². The van der Waals surface area contributed by atoms with Gasteiger partial charge < -0.3 is 10.2 Å². The van der Waals surface area contributed by atoms with Crippen molar-refractivity contribution in [1.29, 1.82) is 0 Å². The molecule has 0 radical (unpaired) electrons. The highest BCUT2D eigenvalue weighted by molar-refractivity contribution is 5.31. The lowest BCUT2D eigenvalue weighted by Crippen LogP contribution is -2.11. The number of aliphatic hydroxyl groups excluding tert-OH is 2. The Hall–Kier alpha value is -1.80. The fourth-order valence-electron chi connectivity index (χ4n) is 1.06. The summed E-state index contributed by atoms with van der Waals surface area (Å²) in [5, 5.41) is 38.5. The second kappa shape index (κ2) is 5.93. The first-order valence-electron chi connectivity index (χ1n) is 4.27. The minimum Gasteiger partial charge on any atom is -0.385 e.